The van der Waals surface area contributed by atoms with E-state index in [-0.39, 0.29) is 18.1 Å². The first-order valence-electron chi connectivity index (χ1n) is 7.34. The number of hydrogen-bond donors (Lipinski definition) is 3. The number of nitrogens with one attached hydrogen (secondary N) is 2. The van der Waals surface area contributed by atoms with Gasteiger partial charge in [-0.2, -0.15) is 15.0 Å². The second-order valence-electron chi connectivity index (χ2n) is 5.94. The highest BCUT2D eigenvalue weighted by Crippen LogP contribution is 2.25. The van der Waals surface area contributed by atoms with Gasteiger partial charge >= 0.3 is 6.01 Å². The Balaban J connectivity index is 2.93. The second-order valence-corrected chi connectivity index (χ2v) is 5.94. The summed E-state index contributed by atoms with van der Waals surface area (Å²) in [5.41, 5.74) is -0.0282. The van der Waals surface area contributed by atoms with Gasteiger partial charge in [0.15, 0.2) is 0 Å². The number of aliphatic hydroxyl groups is 1. The summed E-state index contributed by atoms with van der Waals surface area (Å²) in [7, 11) is 1.75. The number of hydrogen-bond acceptors (Lipinski definition) is 7. The summed E-state index contributed by atoms with van der Waals surface area (Å²) >= 11 is 0. The lowest BCUT2D eigenvalue weighted by atomic mass is 9.85. The van der Waals surface area contributed by atoms with E-state index in [1.54, 1.807) is 7.05 Å². The maximum atomic E-state index is 9.22. The Bertz CT molecular complexity index is 434. The molecule has 0 aromatic carbocycles. The van der Waals surface area contributed by atoms with Crippen molar-refractivity contribution in [1.29, 1.82) is 0 Å². The van der Waals surface area contributed by atoms with Gasteiger partial charge in [-0.05, 0) is 18.3 Å². The van der Waals surface area contributed by atoms with Crippen LogP contribution in [0, 0.1) is 5.41 Å². The van der Waals surface area contributed by atoms with Crippen molar-refractivity contribution in [1.82, 2.24) is 15.0 Å². The molecule has 1 unspecified atom stereocenters. The lowest BCUT2D eigenvalue weighted by Crippen LogP contribution is -2.35. The SMILES string of the molecule is CCCOc1nc(NC)nc(NC(CCO)C(C)(C)C)n1. The van der Waals surface area contributed by atoms with Gasteiger partial charge in [0.25, 0.3) is 0 Å². The summed E-state index contributed by atoms with van der Waals surface area (Å²) in [6.45, 7) is 9.01. The molecule has 120 valence electrons. The minimum Gasteiger partial charge on any atom is -0.463 e. The van der Waals surface area contributed by atoms with Crippen LogP contribution in [0.25, 0.3) is 0 Å². The maximum Gasteiger partial charge on any atom is 0.323 e. The van der Waals surface area contributed by atoms with Gasteiger partial charge in [0.2, 0.25) is 11.9 Å². The third-order valence-corrected chi connectivity index (χ3v) is 3.04. The zero-order valence-electron chi connectivity index (χ0n) is 13.6. The smallest absolute Gasteiger partial charge is 0.323 e. The zero-order chi connectivity index (χ0) is 15.9. The van der Waals surface area contributed by atoms with Gasteiger partial charge in [-0.15, -0.1) is 0 Å². The van der Waals surface area contributed by atoms with Crippen molar-refractivity contribution < 1.29 is 9.84 Å². The third-order valence-electron chi connectivity index (χ3n) is 3.04. The minimum absolute atomic E-state index is 0.0282. The first-order chi connectivity index (χ1) is 9.90. The van der Waals surface area contributed by atoms with E-state index >= 15 is 0 Å². The summed E-state index contributed by atoms with van der Waals surface area (Å²) in [4.78, 5) is 12.7. The van der Waals surface area contributed by atoms with Gasteiger partial charge in [-0.3, -0.25) is 0 Å². The average molecular weight is 297 g/mol. The molecule has 0 amide bonds. The molecule has 7 nitrogen and oxygen atoms in total. The molecule has 7 heteroatoms. The summed E-state index contributed by atoms with van der Waals surface area (Å²) in [6, 6.07) is 0.351. The molecule has 1 aromatic rings. The molecule has 0 radical (unpaired) electrons. The summed E-state index contributed by atoms with van der Waals surface area (Å²) in [5.74, 6) is 0.907. The first kappa shape index (κ1) is 17.4. The average Bonchev–Trinajstić information content (AvgIpc) is 2.43. The number of ether oxygens (including phenoxy) is 1. The van der Waals surface area contributed by atoms with Crippen LogP contribution in [0.15, 0.2) is 0 Å². The quantitative estimate of drug-likeness (QED) is 0.675. The monoisotopic (exact) mass is 297 g/mol. The van der Waals surface area contributed by atoms with E-state index in [1.165, 1.54) is 0 Å². The molecule has 21 heavy (non-hydrogen) atoms. The van der Waals surface area contributed by atoms with Crippen LogP contribution >= 0.6 is 0 Å². The molecule has 0 saturated carbocycles. The molecule has 1 heterocycles. The zero-order valence-corrected chi connectivity index (χ0v) is 13.6. The van der Waals surface area contributed by atoms with E-state index in [0.717, 1.165) is 6.42 Å². The van der Waals surface area contributed by atoms with Crippen molar-refractivity contribution in [3.8, 4) is 6.01 Å². The van der Waals surface area contributed by atoms with Crippen LogP contribution in [-0.4, -0.2) is 46.4 Å². The Morgan fingerprint density at radius 1 is 1.19 bits per heavy atom. The van der Waals surface area contributed by atoms with E-state index in [0.29, 0.717) is 30.9 Å². The molecule has 0 aliphatic heterocycles. The number of aliphatic hydroxyl groups excluding tert-OH is 1. The first-order valence-corrected chi connectivity index (χ1v) is 7.34. The van der Waals surface area contributed by atoms with Crippen LogP contribution in [0.5, 0.6) is 6.01 Å². The van der Waals surface area contributed by atoms with Gasteiger partial charge in [0, 0.05) is 19.7 Å². The van der Waals surface area contributed by atoms with Crippen molar-refractivity contribution in [2.24, 2.45) is 5.41 Å². The number of anilines is 2. The lowest BCUT2D eigenvalue weighted by Gasteiger charge is -2.31. The number of aromatic nitrogens is 3. The predicted molar refractivity (Wildman–Crippen MR) is 83.7 cm³/mol. The fourth-order valence-corrected chi connectivity index (χ4v) is 1.80. The fraction of sp³-hybridized carbons (Fsp3) is 0.786. The van der Waals surface area contributed by atoms with Crippen LogP contribution in [-0.2, 0) is 0 Å². The van der Waals surface area contributed by atoms with Crippen LogP contribution in [0.3, 0.4) is 0 Å². The molecule has 0 aliphatic carbocycles. The Morgan fingerprint density at radius 3 is 2.38 bits per heavy atom. The van der Waals surface area contributed by atoms with E-state index in [1.807, 2.05) is 6.92 Å². The summed E-state index contributed by atoms with van der Waals surface area (Å²) in [5, 5.41) is 15.4. The van der Waals surface area contributed by atoms with Crippen molar-refractivity contribution in [3.63, 3.8) is 0 Å². The van der Waals surface area contributed by atoms with Crippen LogP contribution in [0.2, 0.25) is 0 Å². The van der Waals surface area contributed by atoms with Gasteiger partial charge in [0.1, 0.15) is 0 Å². The van der Waals surface area contributed by atoms with Gasteiger partial charge in [0.05, 0.1) is 6.61 Å². The molecule has 0 saturated heterocycles. The van der Waals surface area contributed by atoms with E-state index < -0.39 is 0 Å². The predicted octanol–water partition coefficient (Wildman–Crippen LogP) is 1.91. The normalized spacial score (nSPS) is 12.9. The van der Waals surface area contributed by atoms with Crippen molar-refractivity contribution in [3.05, 3.63) is 0 Å². The Labute approximate surface area is 126 Å². The van der Waals surface area contributed by atoms with Crippen molar-refractivity contribution in [2.75, 3.05) is 30.9 Å². The van der Waals surface area contributed by atoms with E-state index in [2.05, 4.69) is 46.4 Å². The molecule has 0 spiro atoms. The lowest BCUT2D eigenvalue weighted by molar-refractivity contribution is 0.234. The Morgan fingerprint density at radius 2 is 1.86 bits per heavy atom. The molecule has 0 aliphatic rings. The number of rotatable bonds is 8. The molecule has 1 rings (SSSR count). The van der Waals surface area contributed by atoms with Crippen LogP contribution in [0.4, 0.5) is 11.9 Å². The molecular weight excluding hydrogens is 270 g/mol. The fourth-order valence-electron chi connectivity index (χ4n) is 1.80. The van der Waals surface area contributed by atoms with E-state index in [4.69, 9.17) is 4.74 Å². The molecular formula is C14H27N5O2. The van der Waals surface area contributed by atoms with Gasteiger partial charge < -0.3 is 20.5 Å². The summed E-state index contributed by atoms with van der Waals surface area (Å²) < 4.78 is 5.47. The second kappa shape index (κ2) is 7.97. The molecule has 3 N–H and O–H groups in total. The van der Waals surface area contributed by atoms with Crippen LogP contribution in [0.1, 0.15) is 40.5 Å². The molecule has 0 fully saturated rings. The summed E-state index contributed by atoms with van der Waals surface area (Å²) in [6.07, 6.45) is 1.51. The highest BCUT2D eigenvalue weighted by atomic mass is 16.5. The largest absolute Gasteiger partial charge is 0.463 e. The molecule has 0 bridgehead atoms. The van der Waals surface area contributed by atoms with E-state index in [9.17, 15) is 5.11 Å². The number of nitrogens with zero attached hydrogens (tertiary/aromatic N) is 3. The van der Waals surface area contributed by atoms with Crippen molar-refractivity contribution >= 4 is 11.9 Å². The molecule has 1 aromatic heterocycles. The van der Waals surface area contributed by atoms with Crippen LogP contribution < -0.4 is 15.4 Å². The van der Waals surface area contributed by atoms with Gasteiger partial charge in [-0.1, -0.05) is 27.7 Å². The third kappa shape index (κ3) is 5.71. The molecule has 1 atom stereocenters. The standard InChI is InChI=1S/C14H27N5O2/c1-6-9-21-13-18-11(15-5)17-12(19-13)16-10(7-8-20)14(2,3)4/h10,20H,6-9H2,1-5H3,(H2,15,16,17,18,19). The minimum atomic E-state index is -0.0282. The Hall–Kier alpha value is -1.63. The topological polar surface area (TPSA) is 92.2 Å². The van der Waals surface area contributed by atoms with Gasteiger partial charge in [-0.25, -0.2) is 0 Å². The Kier molecular flexibility index (Phi) is 6.61. The maximum absolute atomic E-state index is 9.22. The highest BCUT2D eigenvalue weighted by Gasteiger charge is 2.25. The highest BCUT2D eigenvalue weighted by molar-refractivity contribution is 5.36. The van der Waals surface area contributed by atoms with Crippen molar-refractivity contribution in [2.45, 2.75) is 46.6 Å².